The number of nitrogens with two attached hydrogens (primary N) is 1. The molecule has 3 unspecified atom stereocenters. The molecule has 168 valence electrons. The van der Waals surface area contributed by atoms with Crippen LogP contribution in [0, 0.1) is 6.92 Å². The first-order chi connectivity index (χ1) is 16.0. The summed E-state index contributed by atoms with van der Waals surface area (Å²) in [5, 5.41) is 11.4. The van der Waals surface area contributed by atoms with E-state index in [1.54, 1.807) is 35.4 Å². The molecule has 1 fully saturated rings. The van der Waals surface area contributed by atoms with Gasteiger partial charge in [-0.15, -0.1) is 21.5 Å². The van der Waals surface area contributed by atoms with Crippen molar-refractivity contribution >= 4 is 17.2 Å². The molecule has 0 bridgehead atoms. The van der Waals surface area contributed by atoms with Crippen molar-refractivity contribution in [2.45, 2.75) is 37.8 Å². The quantitative estimate of drug-likeness (QED) is 0.460. The molecule has 33 heavy (non-hydrogen) atoms. The first-order valence-corrected chi connectivity index (χ1v) is 11.8. The minimum atomic E-state index is -0.0869. The van der Waals surface area contributed by atoms with E-state index in [0.717, 1.165) is 17.1 Å². The van der Waals surface area contributed by atoms with Crippen LogP contribution in [0.3, 0.4) is 0 Å². The highest BCUT2D eigenvalue weighted by Gasteiger charge is 2.43. The second-order valence-corrected chi connectivity index (χ2v) is 9.45. The molecule has 8 heteroatoms. The smallest absolute Gasteiger partial charge is 0.253 e. The topological polar surface area (TPSA) is 98.1 Å². The fourth-order valence-electron chi connectivity index (χ4n) is 4.25. The molecule has 0 spiro atoms. The first-order valence-electron chi connectivity index (χ1n) is 10.9. The summed E-state index contributed by atoms with van der Waals surface area (Å²) in [7, 11) is 1.78. The monoisotopic (exact) mass is 459 g/mol. The summed E-state index contributed by atoms with van der Waals surface area (Å²) in [5.41, 5.74) is 9.94. The summed E-state index contributed by atoms with van der Waals surface area (Å²) in [6, 6.07) is 17.5. The van der Waals surface area contributed by atoms with E-state index < -0.39 is 0 Å². The Labute approximate surface area is 196 Å². The molecule has 0 aliphatic heterocycles. The van der Waals surface area contributed by atoms with Gasteiger partial charge in [-0.1, -0.05) is 36.4 Å². The molecule has 7 nitrogen and oxygen atoms in total. The van der Waals surface area contributed by atoms with Gasteiger partial charge in [0.1, 0.15) is 5.01 Å². The molecule has 1 aliphatic rings. The fourth-order valence-corrected chi connectivity index (χ4v) is 5.08. The third kappa shape index (κ3) is 4.31. The van der Waals surface area contributed by atoms with E-state index >= 15 is 0 Å². The van der Waals surface area contributed by atoms with Crippen LogP contribution in [-0.2, 0) is 6.54 Å². The van der Waals surface area contributed by atoms with Crippen molar-refractivity contribution in [1.82, 2.24) is 20.1 Å². The van der Waals surface area contributed by atoms with Crippen LogP contribution in [0.2, 0.25) is 0 Å². The Bertz CT molecular complexity index is 1270. The molecule has 0 radical (unpaired) electrons. The molecule has 1 aliphatic carbocycles. The van der Waals surface area contributed by atoms with Crippen LogP contribution in [-0.4, -0.2) is 39.1 Å². The minimum absolute atomic E-state index is 0.0363. The van der Waals surface area contributed by atoms with Gasteiger partial charge in [0.05, 0.1) is 12.5 Å². The van der Waals surface area contributed by atoms with Crippen molar-refractivity contribution in [2.75, 3.05) is 7.05 Å². The molecule has 2 N–H and O–H groups in total. The zero-order valence-corrected chi connectivity index (χ0v) is 19.3. The third-order valence-electron chi connectivity index (χ3n) is 6.16. The molecular weight excluding hydrogens is 434 g/mol. The van der Waals surface area contributed by atoms with Gasteiger partial charge in [-0.2, -0.15) is 0 Å². The number of rotatable bonds is 6. The lowest BCUT2D eigenvalue weighted by Gasteiger charge is -2.40. The average Bonchev–Trinajstić information content (AvgIpc) is 3.47. The zero-order chi connectivity index (χ0) is 22.9. The van der Waals surface area contributed by atoms with Crippen LogP contribution < -0.4 is 5.73 Å². The van der Waals surface area contributed by atoms with Crippen LogP contribution in [0.25, 0.3) is 11.5 Å². The summed E-state index contributed by atoms with van der Waals surface area (Å²) in [4.78, 5) is 19.0. The minimum Gasteiger partial charge on any atom is -0.420 e. The van der Waals surface area contributed by atoms with Crippen LogP contribution in [0.15, 0.2) is 64.4 Å². The van der Waals surface area contributed by atoms with E-state index in [9.17, 15) is 4.79 Å². The molecule has 2 heterocycles. The van der Waals surface area contributed by atoms with E-state index in [4.69, 9.17) is 10.2 Å². The summed E-state index contributed by atoms with van der Waals surface area (Å²) >= 11 is 1.55. The number of hydrogen-bond acceptors (Lipinski definition) is 7. The Morgan fingerprint density at radius 1 is 1.15 bits per heavy atom. The van der Waals surface area contributed by atoms with E-state index in [1.165, 1.54) is 5.56 Å². The Morgan fingerprint density at radius 3 is 2.70 bits per heavy atom. The number of carbonyl (C=O) groups is 1. The molecule has 5 rings (SSSR count). The Kier molecular flexibility index (Phi) is 5.78. The molecule has 1 saturated carbocycles. The van der Waals surface area contributed by atoms with Gasteiger partial charge in [0, 0.05) is 41.2 Å². The summed E-state index contributed by atoms with van der Waals surface area (Å²) in [6.07, 6.45) is 0.881. The van der Waals surface area contributed by atoms with Gasteiger partial charge in [-0.3, -0.25) is 4.79 Å². The van der Waals surface area contributed by atoms with E-state index in [2.05, 4.69) is 27.3 Å². The fraction of sp³-hybridized carbons (Fsp3) is 0.280. The van der Waals surface area contributed by atoms with E-state index in [-0.39, 0.29) is 17.9 Å². The summed E-state index contributed by atoms with van der Waals surface area (Å²) < 4.78 is 5.99. The van der Waals surface area contributed by atoms with Gasteiger partial charge in [0.2, 0.25) is 11.8 Å². The van der Waals surface area contributed by atoms with Gasteiger partial charge >= 0.3 is 0 Å². The van der Waals surface area contributed by atoms with Gasteiger partial charge in [0.25, 0.3) is 5.91 Å². The number of benzene rings is 2. The molecule has 1 amide bonds. The van der Waals surface area contributed by atoms with Crippen molar-refractivity contribution in [3.63, 3.8) is 0 Å². The van der Waals surface area contributed by atoms with Crippen LogP contribution >= 0.6 is 11.3 Å². The van der Waals surface area contributed by atoms with E-state index in [1.807, 2.05) is 42.6 Å². The van der Waals surface area contributed by atoms with Crippen LogP contribution in [0.4, 0.5) is 0 Å². The number of hydrogen-bond donors (Lipinski definition) is 1. The molecule has 4 aromatic rings. The van der Waals surface area contributed by atoms with Crippen molar-refractivity contribution < 1.29 is 9.21 Å². The van der Waals surface area contributed by atoms with Gasteiger partial charge in [-0.25, -0.2) is 4.98 Å². The second kappa shape index (κ2) is 8.88. The van der Waals surface area contributed by atoms with Crippen molar-refractivity contribution in [2.24, 2.45) is 5.73 Å². The average molecular weight is 460 g/mol. The Morgan fingerprint density at radius 2 is 1.97 bits per heavy atom. The highest BCUT2D eigenvalue weighted by Crippen LogP contribution is 2.46. The highest BCUT2D eigenvalue weighted by molar-refractivity contribution is 7.09. The number of nitrogens with zero attached hydrogens (tertiary/aromatic N) is 4. The summed E-state index contributed by atoms with van der Waals surface area (Å²) in [5.74, 6) is 1.20. The van der Waals surface area contributed by atoms with E-state index in [0.29, 0.717) is 35.4 Å². The van der Waals surface area contributed by atoms with Gasteiger partial charge in [-0.05, 0) is 37.1 Å². The molecule has 2 aromatic heterocycles. The molecule has 2 aromatic carbocycles. The second-order valence-electron chi connectivity index (χ2n) is 8.51. The Hall–Kier alpha value is -3.36. The van der Waals surface area contributed by atoms with Crippen molar-refractivity contribution in [3.8, 4) is 11.5 Å². The summed E-state index contributed by atoms with van der Waals surface area (Å²) in [6.45, 7) is 2.41. The molecular formula is C25H25N5O2S. The number of carbonyl (C=O) groups excluding carboxylic acids is 1. The predicted molar refractivity (Wildman–Crippen MR) is 127 cm³/mol. The maximum absolute atomic E-state index is 12.9. The number of aromatic nitrogens is 3. The van der Waals surface area contributed by atoms with Gasteiger partial charge in [0.15, 0.2) is 0 Å². The van der Waals surface area contributed by atoms with Crippen molar-refractivity contribution in [1.29, 1.82) is 0 Å². The van der Waals surface area contributed by atoms with Crippen LogP contribution in [0.5, 0.6) is 0 Å². The lowest BCUT2D eigenvalue weighted by atomic mass is 9.67. The standard InChI is InChI=1S/C25H25N5O2S/c1-15-14-33-21(27-15)13-30(2)25(31)18-10-6-9-17(11-18)23-28-29-24(32-23)20-12-19(22(20)26)16-7-4-3-5-8-16/h3-11,14,19-20,22H,12-13,26H2,1-2H3. The highest BCUT2D eigenvalue weighted by atomic mass is 32.1. The van der Waals surface area contributed by atoms with Crippen LogP contribution in [0.1, 0.15) is 50.8 Å². The number of aryl methyl sites for hydroxylation is 1. The SMILES string of the molecule is Cc1csc(CN(C)C(=O)c2cccc(-c3nnc(C4CC(c5ccccc5)C4N)o3)c2)n1. The third-order valence-corrected chi connectivity index (χ3v) is 7.12. The zero-order valence-electron chi connectivity index (χ0n) is 18.5. The molecule has 3 atom stereocenters. The normalized spacial score (nSPS) is 19.8. The molecule has 0 saturated heterocycles. The lowest BCUT2D eigenvalue weighted by Crippen LogP contribution is -2.45. The lowest BCUT2D eigenvalue weighted by molar-refractivity contribution is 0.0785. The maximum Gasteiger partial charge on any atom is 0.253 e. The number of amides is 1. The first kappa shape index (κ1) is 21.5. The predicted octanol–water partition coefficient (Wildman–Crippen LogP) is 4.37. The Balaban J connectivity index is 1.28. The largest absolute Gasteiger partial charge is 0.420 e. The number of thiazole rings is 1. The maximum atomic E-state index is 12.9. The van der Waals surface area contributed by atoms with Gasteiger partial charge < -0.3 is 15.1 Å². The van der Waals surface area contributed by atoms with Crippen molar-refractivity contribution in [3.05, 3.63) is 87.7 Å².